The Balaban J connectivity index is 1.60. The van der Waals surface area contributed by atoms with Gasteiger partial charge < -0.3 is 9.84 Å². The highest BCUT2D eigenvalue weighted by molar-refractivity contribution is 5.45. The number of rotatable bonds is 3. The van der Waals surface area contributed by atoms with Crippen LogP contribution in [0.2, 0.25) is 0 Å². The highest BCUT2D eigenvalue weighted by Gasteiger charge is 2.28. The Bertz CT molecular complexity index is 638. The molecule has 110 valence electrons. The zero-order valence-corrected chi connectivity index (χ0v) is 12.0. The zero-order chi connectivity index (χ0) is 14.2. The highest BCUT2D eigenvalue weighted by atomic mass is 16.5. The van der Waals surface area contributed by atoms with Crippen molar-refractivity contribution in [2.75, 3.05) is 26.7 Å². The van der Waals surface area contributed by atoms with Crippen LogP contribution in [0.3, 0.4) is 0 Å². The molecule has 4 rings (SSSR count). The maximum Gasteiger partial charge on any atom is 0.276 e. The molecule has 0 radical (unpaired) electrons. The van der Waals surface area contributed by atoms with E-state index < -0.39 is 0 Å². The Labute approximate surface area is 122 Å². The van der Waals surface area contributed by atoms with E-state index in [4.69, 9.17) is 4.52 Å². The number of hydrogen-bond acceptors (Lipinski definition) is 7. The van der Waals surface area contributed by atoms with Crippen LogP contribution in [0.1, 0.15) is 36.5 Å². The highest BCUT2D eigenvalue weighted by Crippen LogP contribution is 2.38. The van der Waals surface area contributed by atoms with Gasteiger partial charge >= 0.3 is 0 Å². The topological polar surface area (TPSA) is 80.0 Å². The molecule has 0 spiro atoms. The van der Waals surface area contributed by atoms with Crippen LogP contribution in [-0.4, -0.2) is 51.7 Å². The first-order valence-electron chi connectivity index (χ1n) is 7.39. The molecule has 1 saturated heterocycles. The van der Waals surface area contributed by atoms with Gasteiger partial charge in [0.2, 0.25) is 0 Å². The van der Waals surface area contributed by atoms with Gasteiger partial charge in [0.05, 0.1) is 6.04 Å². The predicted octanol–water partition coefficient (Wildman–Crippen LogP) is 0.980. The average molecular weight is 286 g/mol. The fourth-order valence-corrected chi connectivity index (χ4v) is 2.60. The van der Waals surface area contributed by atoms with E-state index in [2.05, 4.69) is 37.4 Å². The zero-order valence-electron chi connectivity index (χ0n) is 12.0. The van der Waals surface area contributed by atoms with E-state index in [1.54, 1.807) is 6.20 Å². The molecule has 2 aliphatic rings. The summed E-state index contributed by atoms with van der Waals surface area (Å²) in [6.07, 6.45) is 4.13. The summed E-state index contributed by atoms with van der Waals surface area (Å²) >= 11 is 0. The van der Waals surface area contributed by atoms with Crippen molar-refractivity contribution in [1.82, 2.24) is 30.3 Å². The molecule has 1 unspecified atom stereocenters. The van der Waals surface area contributed by atoms with Gasteiger partial charge in [0.15, 0.2) is 5.82 Å². The molecular formula is C14H18N6O. The molecule has 2 fully saturated rings. The van der Waals surface area contributed by atoms with E-state index in [1.807, 2.05) is 6.07 Å². The van der Waals surface area contributed by atoms with Gasteiger partial charge in [0.1, 0.15) is 11.5 Å². The van der Waals surface area contributed by atoms with Crippen LogP contribution in [0.5, 0.6) is 0 Å². The van der Waals surface area contributed by atoms with Crippen molar-refractivity contribution in [2.45, 2.75) is 24.8 Å². The van der Waals surface area contributed by atoms with Gasteiger partial charge in [-0.2, -0.15) is 4.98 Å². The molecule has 2 aromatic rings. The second kappa shape index (κ2) is 5.16. The van der Waals surface area contributed by atoms with Gasteiger partial charge in [0, 0.05) is 31.7 Å². The summed E-state index contributed by atoms with van der Waals surface area (Å²) < 4.78 is 5.40. The van der Waals surface area contributed by atoms with Crippen LogP contribution in [0.4, 0.5) is 0 Å². The van der Waals surface area contributed by atoms with Gasteiger partial charge in [-0.15, -0.1) is 0 Å². The van der Waals surface area contributed by atoms with Crippen molar-refractivity contribution in [2.24, 2.45) is 0 Å². The third kappa shape index (κ3) is 2.54. The molecule has 1 N–H and O–H groups in total. The second-order valence-corrected chi connectivity index (χ2v) is 5.73. The van der Waals surface area contributed by atoms with E-state index in [1.165, 1.54) is 12.8 Å². The van der Waals surface area contributed by atoms with Crippen molar-refractivity contribution in [3.8, 4) is 11.6 Å². The quantitative estimate of drug-likeness (QED) is 0.900. The van der Waals surface area contributed by atoms with E-state index >= 15 is 0 Å². The molecule has 3 heterocycles. The number of likely N-dealkylation sites (N-methyl/N-ethyl adjacent to an activating group) is 1. The first-order chi connectivity index (χ1) is 10.3. The van der Waals surface area contributed by atoms with E-state index in [0.717, 1.165) is 31.2 Å². The summed E-state index contributed by atoms with van der Waals surface area (Å²) in [5, 5.41) is 7.48. The van der Waals surface area contributed by atoms with Crippen molar-refractivity contribution >= 4 is 0 Å². The third-order valence-electron chi connectivity index (χ3n) is 4.09. The number of aromatic nitrogens is 4. The largest absolute Gasteiger partial charge is 0.332 e. The van der Waals surface area contributed by atoms with Crippen molar-refractivity contribution in [1.29, 1.82) is 0 Å². The normalized spacial score (nSPS) is 23.4. The second-order valence-electron chi connectivity index (χ2n) is 5.73. The molecule has 0 amide bonds. The van der Waals surface area contributed by atoms with Crippen LogP contribution in [0, 0.1) is 0 Å². The Morgan fingerprint density at radius 2 is 2.19 bits per heavy atom. The lowest BCUT2D eigenvalue weighted by Gasteiger charge is -2.30. The average Bonchev–Trinajstić information content (AvgIpc) is 3.26. The smallest absolute Gasteiger partial charge is 0.276 e. The predicted molar refractivity (Wildman–Crippen MR) is 75.5 cm³/mol. The number of piperazine rings is 1. The third-order valence-corrected chi connectivity index (χ3v) is 4.09. The summed E-state index contributed by atoms with van der Waals surface area (Å²) in [7, 11) is 2.08. The summed E-state index contributed by atoms with van der Waals surface area (Å²) in [4.78, 5) is 15.6. The maximum absolute atomic E-state index is 5.40. The molecule has 7 nitrogen and oxygen atoms in total. The van der Waals surface area contributed by atoms with Gasteiger partial charge in [-0.05, 0) is 26.0 Å². The Hall–Kier alpha value is -1.86. The monoisotopic (exact) mass is 286 g/mol. The van der Waals surface area contributed by atoms with Crippen molar-refractivity contribution < 1.29 is 4.52 Å². The van der Waals surface area contributed by atoms with Gasteiger partial charge in [0.25, 0.3) is 5.89 Å². The number of hydrogen-bond donors (Lipinski definition) is 1. The molecule has 1 aliphatic heterocycles. The standard InChI is InChI=1S/C14H18N6O/c1-20-7-6-15-8-11(20)13-18-14(21-19-13)10-4-5-16-12(17-10)9-2-3-9/h4-5,9,11,15H,2-3,6-8H2,1H3. The fourth-order valence-electron chi connectivity index (χ4n) is 2.60. The summed E-state index contributed by atoms with van der Waals surface area (Å²) in [5.74, 6) is 2.60. The minimum absolute atomic E-state index is 0.154. The van der Waals surface area contributed by atoms with E-state index in [0.29, 0.717) is 17.6 Å². The van der Waals surface area contributed by atoms with Gasteiger partial charge in [-0.25, -0.2) is 9.97 Å². The van der Waals surface area contributed by atoms with Crippen LogP contribution in [0.25, 0.3) is 11.6 Å². The summed E-state index contributed by atoms with van der Waals surface area (Å²) in [5.41, 5.74) is 0.720. The number of nitrogens with zero attached hydrogens (tertiary/aromatic N) is 5. The Morgan fingerprint density at radius 3 is 3.00 bits per heavy atom. The maximum atomic E-state index is 5.40. The van der Waals surface area contributed by atoms with Crippen LogP contribution < -0.4 is 5.32 Å². The lowest BCUT2D eigenvalue weighted by molar-refractivity contribution is 0.190. The lowest BCUT2D eigenvalue weighted by atomic mass is 10.2. The minimum Gasteiger partial charge on any atom is -0.332 e. The van der Waals surface area contributed by atoms with Crippen LogP contribution in [-0.2, 0) is 0 Å². The van der Waals surface area contributed by atoms with Crippen molar-refractivity contribution in [3.05, 3.63) is 23.9 Å². The molecule has 0 bridgehead atoms. The summed E-state index contributed by atoms with van der Waals surface area (Å²) in [6.45, 7) is 2.81. The number of nitrogens with one attached hydrogen (secondary N) is 1. The molecule has 1 atom stereocenters. The van der Waals surface area contributed by atoms with Crippen LogP contribution in [0.15, 0.2) is 16.8 Å². The molecule has 0 aromatic carbocycles. The van der Waals surface area contributed by atoms with Crippen molar-refractivity contribution in [3.63, 3.8) is 0 Å². The van der Waals surface area contributed by atoms with E-state index in [-0.39, 0.29) is 6.04 Å². The summed E-state index contributed by atoms with van der Waals surface area (Å²) in [6, 6.07) is 1.98. The molecule has 7 heteroatoms. The van der Waals surface area contributed by atoms with Gasteiger partial charge in [-0.3, -0.25) is 4.90 Å². The lowest BCUT2D eigenvalue weighted by Crippen LogP contribution is -2.44. The van der Waals surface area contributed by atoms with Gasteiger partial charge in [-0.1, -0.05) is 5.16 Å². The fraction of sp³-hybridized carbons (Fsp3) is 0.571. The van der Waals surface area contributed by atoms with Crippen LogP contribution >= 0.6 is 0 Å². The Kier molecular flexibility index (Phi) is 3.16. The molecule has 1 saturated carbocycles. The molecular weight excluding hydrogens is 268 g/mol. The SMILES string of the molecule is CN1CCNCC1c1noc(-c2ccnc(C3CC3)n2)n1. The first kappa shape index (κ1) is 12.8. The molecule has 1 aliphatic carbocycles. The van der Waals surface area contributed by atoms with E-state index in [9.17, 15) is 0 Å². The Morgan fingerprint density at radius 1 is 1.29 bits per heavy atom. The first-order valence-corrected chi connectivity index (χ1v) is 7.39. The molecule has 21 heavy (non-hydrogen) atoms. The minimum atomic E-state index is 0.154. The molecule has 2 aromatic heterocycles.